The van der Waals surface area contributed by atoms with Gasteiger partial charge in [0.25, 0.3) is 0 Å². The summed E-state index contributed by atoms with van der Waals surface area (Å²) in [4.78, 5) is 25.6. The van der Waals surface area contributed by atoms with E-state index >= 15 is 0 Å². The quantitative estimate of drug-likeness (QED) is 0.826. The topological polar surface area (TPSA) is 84.7 Å². The Labute approximate surface area is 127 Å². The molecule has 0 saturated carbocycles. The molecule has 21 heavy (non-hydrogen) atoms. The fourth-order valence-corrected chi connectivity index (χ4v) is 2.39. The van der Waals surface area contributed by atoms with Crippen molar-refractivity contribution in [3.63, 3.8) is 0 Å². The first-order valence-corrected chi connectivity index (χ1v) is 7.77. The van der Waals surface area contributed by atoms with Gasteiger partial charge in [-0.2, -0.15) is 0 Å². The van der Waals surface area contributed by atoms with E-state index in [4.69, 9.17) is 10.5 Å². The largest absolute Gasteiger partial charge is 0.444 e. The summed E-state index contributed by atoms with van der Waals surface area (Å²) in [5.74, 6) is 0.0209. The number of piperidine rings is 1. The van der Waals surface area contributed by atoms with Crippen molar-refractivity contribution < 1.29 is 14.3 Å². The summed E-state index contributed by atoms with van der Waals surface area (Å²) in [6, 6.07) is -0.336. The Kier molecular flexibility index (Phi) is 6.45. The molecule has 1 heterocycles. The van der Waals surface area contributed by atoms with E-state index in [9.17, 15) is 9.59 Å². The number of likely N-dealkylation sites (tertiary alicyclic amines) is 1. The molecular formula is C15H29N3O3. The van der Waals surface area contributed by atoms with Gasteiger partial charge in [-0.3, -0.25) is 4.79 Å². The molecule has 1 unspecified atom stereocenters. The predicted molar refractivity (Wildman–Crippen MR) is 81.9 cm³/mol. The average molecular weight is 299 g/mol. The molecule has 3 N–H and O–H groups in total. The zero-order valence-corrected chi connectivity index (χ0v) is 13.6. The van der Waals surface area contributed by atoms with E-state index in [2.05, 4.69) is 5.32 Å². The van der Waals surface area contributed by atoms with E-state index in [0.29, 0.717) is 13.1 Å². The molecule has 0 bridgehead atoms. The summed E-state index contributed by atoms with van der Waals surface area (Å²) in [5, 5.41) is 2.86. The van der Waals surface area contributed by atoms with E-state index in [1.165, 1.54) is 0 Å². The second-order valence-electron chi connectivity index (χ2n) is 6.64. The number of nitrogens with one attached hydrogen (secondary N) is 1. The van der Waals surface area contributed by atoms with Crippen LogP contribution < -0.4 is 11.1 Å². The fraction of sp³-hybridized carbons (Fsp3) is 0.867. The number of nitrogens with zero attached hydrogens (tertiary/aromatic N) is 1. The van der Waals surface area contributed by atoms with Gasteiger partial charge in [0.1, 0.15) is 5.60 Å². The van der Waals surface area contributed by atoms with Gasteiger partial charge in [-0.25, -0.2) is 4.79 Å². The average Bonchev–Trinajstić information content (AvgIpc) is 2.36. The minimum absolute atomic E-state index is 0.0209. The third kappa shape index (κ3) is 6.33. The number of alkyl carbamates (subject to hydrolysis) is 1. The van der Waals surface area contributed by atoms with Gasteiger partial charge in [0, 0.05) is 19.1 Å². The maximum absolute atomic E-state index is 12.1. The molecule has 0 aromatic heterocycles. The van der Waals surface area contributed by atoms with Crippen LogP contribution in [0.5, 0.6) is 0 Å². The summed E-state index contributed by atoms with van der Waals surface area (Å²) in [6.45, 7) is 8.80. The minimum atomic E-state index is -0.492. The van der Waals surface area contributed by atoms with E-state index in [1.807, 2.05) is 27.7 Å². The highest BCUT2D eigenvalue weighted by atomic mass is 16.6. The normalized spacial score (nSPS) is 18.2. The van der Waals surface area contributed by atoms with Crippen molar-refractivity contribution in [1.82, 2.24) is 10.2 Å². The van der Waals surface area contributed by atoms with Crippen molar-refractivity contribution in [3.05, 3.63) is 0 Å². The van der Waals surface area contributed by atoms with Crippen LogP contribution in [0.4, 0.5) is 4.79 Å². The highest BCUT2D eigenvalue weighted by Crippen LogP contribution is 2.14. The van der Waals surface area contributed by atoms with Crippen LogP contribution in [0.3, 0.4) is 0 Å². The molecule has 6 heteroatoms. The van der Waals surface area contributed by atoms with Crippen molar-refractivity contribution in [1.29, 1.82) is 0 Å². The first-order chi connectivity index (χ1) is 9.73. The van der Waals surface area contributed by atoms with Gasteiger partial charge in [-0.15, -0.1) is 0 Å². The Morgan fingerprint density at radius 1 is 1.33 bits per heavy atom. The summed E-state index contributed by atoms with van der Waals surface area (Å²) in [6.07, 6.45) is 2.71. The molecule has 0 aliphatic carbocycles. The second-order valence-corrected chi connectivity index (χ2v) is 6.64. The first-order valence-electron chi connectivity index (χ1n) is 7.77. The zero-order valence-electron chi connectivity index (χ0n) is 13.6. The van der Waals surface area contributed by atoms with Crippen molar-refractivity contribution in [2.75, 3.05) is 13.1 Å². The lowest BCUT2D eigenvalue weighted by Crippen LogP contribution is -2.51. The van der Waals surface area contributed by atoms with Crippen molar-refractivity contribution in [2.24, 2.45) is 5.73 Å². The van der Waals surface area contributed by atoms with Crippen LogP contribution in [0.1, 0.15) is 53.4 Å². The summed E-state index contributed by atoms with van der Waals surface area (Å²) >= 11 is 0. The first kappa shape index (κ1) is 17.8. The van der Waals surface area contributed by atoms with E-state index in [0.717, 1.165) is 25.7 Å². The number of amides is 2. The number of nitrogens with two attached hydrogens (primary N) is 1. The maximum atomic E-state index is 12.1. The Hall–Kier alpha value is -1.30. The Bertz CT molecular complexity index is 358. The van der Waals surface area contributed by atoms with Crippen LogP contribution in [0.25, 0.3) is 0 Å². The lowest BCUT2D eigenvalue weighted by Gasteiger charge is -2.34. The molecule has 1 atom stereocenters. The molecule has 1 saturated heterocycles. The number of hydrogen-bond donors (Lipinski definition) is 2. The van der Waals surface area contributed by atoms with E-state index < -0.39 is 17.7 Å². The number of ether oxygens (including phenoxy) is 1. The van der Waals surface area contributed by atoms with Crippen molar-refractivity contribution in [2.45, 2.75) is 71.1 Å². The van der Waals surface area contributed by atoms with Gasteiger partial charge in [-0.05, 0) is 40.0 Å². The Balaban J connectivity index is 2.35. The third-order valence-electron chi connectivity index (χ3n) is 3.44. The lowest BCUT2D eigenvalue weighted by atomic mass is 10.0. The smallest absolute Gasteiger partial charge is 0.407 e. The van der Waals surface area contributed by atoms with Crippen LogP contribution in [0.15, 0.2) is 0 Å². The predicted octanol–water partition coefficient (Wildman–Crippen LogP) is 1.63. The number of rotatable bonds is 4. The minimum Gasteiger partial charge on any atom is -0.444 e. The Morgan fingerprint density at radius 3 is 2.38 bits per heavy atom. The van der Waals surface area contributed by atoms with Crippen LogP contribution in [-0.2, 0) is 9.53 Å². The summed E-state index contributed by atoms with van der Waals surface area (Å²) in [5.41, 5.74) is 5.37. The number of carbonyl (C=O) groups excluding carboxylic acids is 2. The molecule has 1 aliphatic rings. The van der Waals surface area contributed by atoms with Gasteiger partial charge in [0.15, 0.2) is 0 Å². The van der Waals surface area contributed by atoms with Crippen LogP contribution in [-0.4, -0.2) is 47.7 Å². The molecule has 6 nitrogen and oxygen atoms in total. The molecule has 1 fully saturated rings. The third-order valence-corrected chi connectivity index (χ3v) is 3.44. The number of carbonyl (C=O) groups is 2. The molecule has 0 spiro atoms. The second kappa shape index (κ2) is 7.64. The van der Waals surface area contributed by atoms with Crippen LogP contribution >= 0.6 is 0 Å². The van der Waals surface area contributed by atoms with Gasteiger partial charge in [-0.1, -0.05) is 13.3 Å². The van der Waals surface area contributed by atoms with Gasteiger partial charge >= 0.3 is 6.09 Å². The van der Waals surface area contributed by atoms with Crippen LogP contribution in [0, 0.1) is 0 Å². The monoisotopic (exact) mass is 299 g/mol. The lowest BCUT2D eigenvalue weighted by molar-refractivity contribution is -0.133. The molecule has 1 rings (SSSR count). The maximum Gasteiger partial charge on any atom is 0.407 e. The van der Waals surface area contributed by atoms with E-state index in [1.54, 1.807) is 4.90 Å². The van der Waals surface area contributed by atoms with Crippen molar-refractivity contribution in [3.8, 4) is 0 Å². The molecule has 2 amide bonds. The van der Waals surface area contributed by atoms with E-state index in [-0.39, 0.29) is 11.9 Å². The highest BCUT2D eigenvalue weighted by Gasteiger charge is 2.27. The van der Waals surface area contributed by atoms with Gasteiger partial charge in [0.05, 0.1) is 6.04 Å². The van der Waals surface area contributed by atoms with Gasteiger partial charge < -0.3 is 20.7 Å². The molecular weight excluding hydrogens is 270 g/mol. The SMILES string of the molecule is CCCC(N)C(=O)N1CCC(NC(=O)OC(C)(C)C)CC1. The highest BCUT2D eigenvalue weighted by molar-refractivity contribution is 5.81. The van der Waals surface area contributed by atoms with Gasteiger partial charge in [0.2, 0.25) is 5.91 Å². The van der Waals surface area contributed by atoms with Crippen LogP contribution in [0.2, 0.25) is 0 Å². The fourth-order valence-electron chi connectivity index (χ4n) is 2.39. The summed E-state index contributed by atoms with van der Waals surface area (Å²) < 4.78 is 5.23. The molecule has 0 aromatic rings. The summed E-state index contributed by atoms with van der Waals surface area (Å²) in [7, 11) is 0. The molecule has 0 radical (unpaired) electrons. The Morgan fingerprint density at radius 2 is 1.90 bits per heavy atom. The molecule has 122 valence electrons. The number of hydrogen-bond acceptors (Lipinski definition) is 4. The molecule has 1 aliphatic heterocycles. The zero-order chi connectivity index (χ0) is 16.0. The standard InChI is InChI=1S/C15H29N3O3/c1-5-6-12(16)13(19)18-9-7-11(8-10-18)17-14(20)21-15(2,3)4/h11-12H,5-10,16H2,1-4H3,(H,17,20). The van der Waals surface area contributed by atoms with Crippen molar-refractivity contribution >= 4 is 12.0 Å². The molecule has 0 aromatic carbocycles.